The molecule has 0 radical (unpaired) electrons. The van der Waals surface area contributed by atoms with Crippen LogP contribution in [-0.2, 0) is 6.54 Å². The standard InChI is InChI=1S/C17H14Cl2N2/c1-2-21-16-9-4-3-8-15(16)20-17(21)11-10-12-13(18)6-5-7-14(12)19/h3-11H,2H2,1H3/b11-10+. The summed E-state index contributed by atoms with van der Waals surface area (Å²) in [6.45, 7) is 2.96. The lowest BCUT2D eigenvalue weighted by molar-refractivity contribution is 0.777. The molecule has 0 fully saturated rings. The van der Waals surface area contributed by atoms with Gasteiger partial charge in [-0.1, -0.05) is 41.4 Å². The molecular formula is C17H14Cl2N2. The Morgan fingerprint density at radius 1 is 1.00 bits per heavy atom. The average Bonchev–Trinajstić information content (AvgIpc) is 2.84. The Bertz CT molecular complexity index is 799. The Kier molecular flexibility index (Phi) is 4.00. The van der Waals surface area contributed by atoms with Crippen molar-refractivity contribution in [1.82, 2.24) is 9.55 Å². The Morgan fingerprint density at radius 2 is 1.71 bits per heavy atom. The van der Waals surface area contributed by atoms with Crippen LogP contribution in [0.3, 0.4) is 0 Å². The van der Waals surface area contributed by atoms with E-state index >= 15 is 0 Å². The number of para-hydroxylation sites is 2. The van der Waals surface area contributed by atoms with Crippen molar-refractivity contribution in [2.45, 2.75) is 13.5 Å². The molecule has 0 amide bonds. The molecule has 0 unspecified atom stereocenters. The van der Waals surface area contributed by atoms with Gasteiger partial charge in [-0.3, -0.25) is 0 Å². The lowest BCUT2D eigenvalue weighted by Crippen LogP contribution is -1.96. The van der Waals surface area contributed by atoms with Gasteiger partial charge in [-0.15, -0.1) is 0 Å². The maximum atomic E-state index is 6.19. The summed E-state index contributed by atoms with van der Waals surface area (Å²) < 4.78 is 2.16. The molecule has 4 heteroatoms. The van der Waals surface area contributed by atoms with Gasteiger partial charge in [0.25, 0.3) is 0 Å². The quantitative estimate of drug-likeness (QED) is 0.621. The molecule has 0 N–H and O–H groups in total. The van der Waals surface area contributed by atoms with Gasteiger partial charge in [0, 0.05) is 22.2 Å². The van der Waals surface area contributed by atoms with E-state index in [9.17, 15) is 0 Å². The van der Waals surface area contributed by atoms with Crippen LogP contribution in [0, 0.1) is 0 Å². The Labute approximate surface area is 133 Å². The molecular weight excluding hydrogens is 303 g/mol. The molecule has 0 aliphatic heterocycles. The van der Waals surface area contributed by atoms with Gasteiger partial charge in [0.15, 0.2) is 0 Å². The van der Waals surface area contributed by atoms with Crippen LogP contribution >= 0.6 is 23.2 Å². The molecule has 0 aliphatic rings. The van der Waals surface area contributed by atoms with Crippen molar-refractivity contribution in [3.63, 3.8) is 0 Å². The summed E-state index contributed by atoms with van der Waals surface area (Å²) in [7, 11) is 0. The Hall–Kier alpha value is -1.77. The average molecular weight is 317 g/mol. The summed E-state index contributed by atoms with van der Waals surface area (Å²) in [5.74, 6) is 0.898. The number of benzene rings is 2. The highest BCUT2D eigenvalue weighted by Gasteiger charge is 2.07. The van der Waals surface area contributed by atoms with E-state index in [4.69, 9.17) is 23.2 Å². The van der Waals surface area contributed by atoms with Crippen molar-refractivity contribution < 1.29 is 0 Å². The topological polar surface area (TPSA) is 17.8 Å². The Morgan fingerprint density at radius 3 is 2.43 bits per heavy atom. The molecule has 3 rings (SSSR count). The molecule has 0 bridgehead atoms. The number of aromatic nitrogens is 2. The minimum absolute atomic E-state index is 0.637. The van der Waals surface area contributed by atoms with E-state index in [1.807, 2.05) is 48.6 Å². The van der Waals surface area contributed by atoms with E-state index in [0.29, 0.717) is 10.0 Å². The van der Waals surface area contributed by atoms with Gasteiger partial charge in [-0.05, 0) is 43.3 Å². The van der Waals surface area contributed by atoms with Gasteiger partial charge in [0.2, 0.25) is 0 Å². The number of halogens is 2. The molecule has 0 saturated carbocycles. The number of rotatable bonds is 3. The van der Waals surface area contributed by atoms with Crippen molar-refractivity contribution in [3.05, 3.63) is 63.9 Å². The monoisotopic (exact) mass is 316 g/mol. The van der Waals surface area contributed by atoms with Crippen molar-refractivity contribution in [1.29, 1.82) is 0 Å². The molecule has 2 nitrogen and oxygen atoms in total. The highest BCUT2D eigenvalue weighted by Crippen LogP contribution is 2.26. The fourth-order valence-electron chi connectivity index (χ4n) is 2.38. The third kappa shape index (κ3) is 2.69. The molecule has 0 atom stereocenters. The highest BCUT2D eigenvalue weighted by molar-refractivity contribution is 6.37. The van der Waals surface area contributed by atoms with E-state index in [0.717, 1.165) is 29.0 Å². The van der Waals surface area contributed by atoms with Crippen LogP contribution in [0.2, 0.25) is 10.0 Å². The molecule has 106 valence electrons. The first-order valence-electron chi connectivity index (χ1n) is 6.78. The van der Waals surface area contributed by atoms with E-state index in [1.54, 1.807) is 0 Å². The second-order valence-electron chi connectivity index (χ2n) is 4.67. The van der Waals surface area contributed by atoms with Gasteiger partial charge in [-0.25, -0.2) is 4.98 Å². The maximum Gasteiger partial charge on any atom is 0.133 e. The predicted octanol–water partition coefficient (Wildman–Crippen LogP) is 5.53. The minimum atomic E-state index is 0.637. The normalized spacial score (nSPS) is 11.6. The number of fused-ring (bicyclic) bond motifs is 1. The maximum absolute atomic E-state index is 6.19. The smallest absolute Gasteiger partial charge is 0.133 e. The predicted molar refractivity (Wildman–Crippen MR) is 90.8 cm³/mol. The largest absolute Gasteiger partial charge is 0.325 e. The van der Waals surface area contributed by atoms with E-state index < -0.39 is 0 Å². The number of aryl methyl sites for hydroxylation is 1. The van der Waals surface area contributed by atoms with Crippen molar-refractivity contribution in [3.8, 4) is 0 Å². The van der Waals surface area contributed by atoms with Crippen LogP contribution in [0.5, 0.6) is 0 Å². The highest BCUT2D eigenvalue weighted by atomic mass is 35.5. The molecule has 2 aromatic carbocycles. The molecule has 0 saturated heterocycles. The lowest BCUT2D eigenvalue weighted by atomic mass is 10.2. The number of nitrogens with zero attached hydrogens (tertiary/aromatic N) is 2. The third-order valence-electron chi connectivity index (χ3n) is 3.40. The fraction of sp³-hybridized carbons (Fsp3) is 0.118. The molecule has 0 aliphatic carbocycles. The van der Waals surface area contributed by atoms with Gasteiger partial charge in [0.1, 0.15) is 5.82 Å². The first-order valence-corrected chi connectivity index (χ1v) is 7.53. The SMILES string of the molecule is CCn1c(/C=C/c2c(Cl)cccc2Cl)nc2ccccc21. The summed E-state index contributed by atoms with van der Waals surface area (Å²) in [6.07, 6.45) is 3.87. The molecule has 1 aromatic heterocycles. The van der Waals surface area contributed by atoms with Crippen LogP contribution < -0.4 is 0 Å². The summed E-state index contributed by atoms with van der Waals surface area (Å²) >= 11 is 12.4. The first kappa shape index (κ1) is 14.2. The zero-order valence-electron chi connectivity index (χ0n) is 11.6. The molecule has 21 heavy (non-hydrogen) atoms. The minimum Gasteiger partial charge on any atom is -0.325 e. The van der Waals surface area contributed by atoms with E-state index in [2.05, 4.69) is 22.5 Å². The fourth-order valence-corrected chi connectivity index (χ4v) is 2.90. The van der Waals surface area contributed by atoms with Crippen LogP contribution in [0.4, 0.5) is 0 Å². The van der Waals surface area contributed by atoms with Gasteiger partial charge in [0.05, 0.1) is 11.0 Å². The number of imidazole rings is 1. The van der Waals surface area contributed by atoms with E-state index in [1.165, 1.54) is 0 Å². The van der Waals surface area contributed by atoms with Crippen LogP contribution in [-0.4, -0.2) is 9.55 Å². The second kappa shape index (κ2) is 5.92. The first-order chi connectivity index (χ1) is 10.2. The molecule has 3 aromatic rings. The summed E-state index contributed by atoms with van der Waals surface area (Å²) in [5, 5.41) is 1.27. The Balaban J connectivity index is 2.07. The van der Waals surface area contributed by atoms with Crippen molar-refractivity contribution in [2.75, 3.05) is 0 Å². The summed E-state index contributed by atoms with van der Waals surface area (Å²) in [4.78, 5) is 4.65. The van der Waals surface area contributed by atoms with Crippen LogP contribution in [0.25, 0.3) is 23.2 Å². The number of hydrogen-bond donors (Lipinski definition) is 0. The molecule has 0 spiro atoms. The van der Waals surface area contributed by atoms with Crippen molar-refractivity contribution in [2.24, 2.45) is 0 Å². The summed E-state index contributed by atoms with van der Waals surface area (Å²) in [6, 6.07) is 13.6. The van der Waals surface area contributed by atoms with Gasteiger partial charge in [-0.2, -0.15) is 0 Å². The lowest BCUT2D eigenvalue weighted by Gasteiger charge is -2.03. The van der Waals surface area contributed by atoms with Crippen LogP contribution in [0.15, 0.2) is 42.5 Å². The van der Waals surface area contributed by atoms with Crippen LogP contribution in [0.1, 0.15) is 18.3 Å². The van der Waals surface area contributed by atoms with Crippen molar-refractivity contribution >= 4 is 46.4 Å². The number of hydrogen-bond acceptors (Lipinski definition) is 1. The zero-order chi connectivity index (χ0) is 14.8. The van der Waals surface area contributed by atoms with Gasteiger partial charge >= 0.3 is 0 Å². The van der Waals surface area contributed by atoms with Gasteiger partial charge < -0.3 is 4.57 Å². The zero-order valence-corrected chi connectivity index (χ0v) is 13.1. The van der Waals surface area contributed by atoms with E-state index in [-0.39, 0.29) is 0 Å². The molecule has 1 heterocycles. The summed E-state index contributed by atoms with van der Waals surface area (Å²) in [5.41, 5.74) is 2.93. The third-order valence-corrected chi connectivity index (χ3v) is 4.06. The second-order valence-corrected chi connectivity index (χ2v) is 5.49.